The predicted molar refractivity (Wildman–Crippen MR) is 90.6 cm³/mol. The van der Waals surface area contributed by atoms with Crippen molar-refractivity contribution < 1.29 is 4.79 Å². The van der Waals surface area contributed by atoms with Crippen LogP contribution in [0.15, 0.2) is 42.2 Å². The molecule has 0 aliphatic carbocycles. The zero-order valence-electron chi connectivity index (χ0n) is 13.3. The van der Waals surface area contributed by atoms with Crippen molar-refractivity contribution >= 4 is 17.2 Å². The Balaban J connectivity index is 1.64. The molecular formula is C16H18N6OS. The summed E-state index contributed by atoms with van der Waals surface area (Å²) in [5, 5.41) is 14.2. The molecule has 1 N–H and O–H groups in total. The Hall–Kier alpha value is -2.61. The zero-order chi connectivity index (χ0) is 16.8. The van der Waals surface area contributed by atoms with E-state index in [1.165, 1.54) is 15.9 Å². The highest BCUT2D eigenvalue weighted by Gasteiger charge is 2.22. The number of aryl methyl sites for hydroxylation is 1. The van der Waals surface area contributed by atoms with Crippen molar-refractivity contribution in [3.63, 3.8) is 0 Å². The largest absolute Gasteiger partial charge is 0.354 e. The maximum absolute atomic E-state index is 12.6. The zero-order valence-corrected chi connectivity index (χ0v) is 14.1. The molecule has 7 nitrogen and oxygen atoms in total. The van der Waals surface area contributed by atoms with Crippen LogP contribution in [0.2, 0.25) is 0 Å². The van der Waals surface area contributed by atoms with Gasteiger partial charge in [-0.05, 0) is 22.9 Å². The lowest BCUT2D eigenvalue weighted by Crippen LogP contribution is -2.35. The second-order valence-electron chi connectivity index (χ2n) is 5.40. The van der Waals surface area contributed by atoms with Crippen LogP contribution in [0.5, 0.6) is 0 Å². The van der Waals surface area contributed by atoms with Crippen LogP contribution in [-0.2, 0) is 17.6 Å². The second-order valence-corrected chi connectivity index (χ2v) is 6.34. The van der Waals surface area contributed by atoms with Gasteiger partial charge in [0, 0.05) is 24.3 Å². The summed E-state index contributed by atoms with van der Waals surface area (Å²) in [6.07, 6.45) is 2.79. The average molecular weight is 342 g/mol. The molecule has 3 rings (SSSR count). The van der Waals surface area contributed by atoms with Crippen molar-refractivity contribution in [2.75, 3.05) is 6.54 Å². The first kappa shape index (κ1) is 16.3. The van der Waals surface area contributed by atoms with Crippen LogP contribution in [0.4, 0.5) is 0 Å². The van der Waals surface area contributed by atoms with E-state index in [0.29, 0.717) is 13.0 Å². The van der Waals surface area contributed by atoms with Gasteiger partial charge in [-0.1, -0.05) is 30.3 Å². The fraction of sp³-hybridized carbons (Fsp3) is 0.312. The number of hydrogen-bond acceptors (Lipinski definition) is 6. The summed E-state index contributed by atoms with van der Waals surface area (Å²) < 4.78 is 1.50. The molecule has 0 aliphatic heterocycles. The minimum atomic E-state index is -0.468. The van der Waals surface area contributed by atoms with E-state index in [1.54, 1.807) is 11.3 Å². The molecular weight excluding hydrogens is 324 g/mol. The molecule has 0 saturated heterocycles. The summed E-state index contributed by atoms with van der Waals surface area (Å²) in [5.41, 5.74) is 3.91. The maximum atomic E-state index is 12.6. The Morgan fingerprint density at radius 3 is 2.83 bits per heavy atom. The van der Waals surface area contributed by atoms with Gasteiger partial charge in [-0.15, -0.1) is 16.4 Å². The van der Waals surface area contributed by atoms with Gasteiger partial charge in [0.2, 0.25) is 5.91 Å². The van der Waals surface area contributed by atoms with Gasteiger partial charge < -0.3 is 5.32 Å². The van der Waals surface area contributed by atoms with E-state index in [1.807, 2.05) is 42.8 Å². The van der Waals surface area contributed by atoms with Crippen molar-refractivity contribution in [2.45, 2.75) is 25.8 Å². The van der Waals surface area contributed by atoms with Gasteiger partial charge in [0.15, 0.2) is 0 Å². The molecule has 2 aromatic heterocycles. The number of carbonyl (C=O) groups is 1. The van der Waals surface area contributed by atoms with E-state index in [2.05, 4.69) is 25.8 Å². The van der Waals surface area contributed by atoms with Crippen LogP contribution in [-0.4, -0.2) is 37.6 Å². The van der Waals surface area contributed by atoms with E-state index in [4.69, 9.17) is 0 Å². The van der Waals surface area contributed by atoms with Crippen molar-refractivity contribution in [1.29, 1.82) is 0 Å². The first-order valence-corrected chi connectivity index (χ1v) is 8.55. The minimum absolute atomic E-state index is 0.0895. The summed E-state index contributed by atoms with van der Waals surface area (Å²) in [6, 6.07) is 9.38. The number of nitrogens with zero attached hydrogens (tertiary/aromatic N) is 5. The molecule has 1 aromatic carbocycles. The molecule has 3 aromatic rings. The lowest BCUT2D eigenvalue weighted by Gasteiger charge is -2.16. The number of nitrogens with one attached hydrogen (secondary N) is 1. The Labute approximate surface area is 143 Å². The Morgan fingerprint density at radius 1 is 1.33 bits per heavy atom. The number of tetrazole rings is 1. The van der Waals surface area contributed by atoms with Crippen molar-refractivity contribution in [3.05, 3.63) is 58.3 Å². The fourth-order valence-electron chi connectivity index (χ4n) is 2.44. The molecule has 0 saturated carbocycles. The number of benzene rings is 1. The quantitative estimate of drug-likeness (QED) is 0.704. The van der Waals surface area contributed by atoms with Gasteiger partial charge in [-0.25, -0.2) is 9.67 Å². The lowest BCUT2D eigenvalue weighted by molar-refractivity contribution is -0.124. The SMILES string of the molecule is Cc1ncsc1CCNC(=O)[C@H](Cc1ccccc1)n1cnnn1. The number of amides is 1. The molecule has 2 heterocycles. The summed E-state index contributed by atoms with van der Waals surface area (Å²) in [6.45, 7) is 2.54. The predicted octanol–water partition coefficient (Wildman–Crippen LogP) is 1.58. The van der Waals surface area contributed by atoms with Gasteiger partial charge in [-0.2, -0.15) is 0 Å². The third-order valence-electron chi connectivity index (χ3n) is 3.75. The average Bonchev–Trinajstić information content (AvgIpc) is 3.26. The molecule has 1 amide bonds. The van der Waals surface area contributed by atoms with Crippen molar-refractivity contribution in [3.8, 4) is 0 Å². The van der Waals surface area contributed by atoms with Gasteiger partial charge in [0.05, 0.1) is 11.2 Å². The molecule has 24 heavy (non-hydrogen) atoms. The third kappa shape index (κ3) is 4.02. The third-order valence-corrected chi connectivity index (χ3v) is 4.75. The maximum Gasteiger partial charge on any atom is 0.245 e. The summed E-state index contributed by atoms with van der Waals surface area (Å²) in [5.74, 6) is -0.0895. The van der Waals surface area contributed by atoms with Gasteiger partial charge in [0.1, 0.15) is 12.4 Å². The standard InChI is InChI=1S/C16H18N6OS/c1-12-15(24-11-18-12)7-8-17-16(23)14(22-10-19-20-21-22)9-13-5-3-2-4-6-13/h2-6,10-11,14H,7-9H2,1H3,(H,17,23)/t14-/m0/s1. The molecule has 124 valence electrons. The van der Waals surface area contributed by atoms with Crippen molar-refractivity contribution in [1.82, 2.24) is 30.5 Å². The Morgan fingerprint density at radius 2 is 2.17 bits per heavy atom. The minimum Gasteiger partial charge on any atom is -0.354 e. The Kier molecular flexibility index (Phi) is 5.27. The Bertz CT molecular complexity index is 771. The first-order valence-electron chi connectivity index (χ1n) is 7.67. The van der Waals surface area contributed by atoms with Crippen LogP contribution >= 0.6 is 11.3 Å². The molecule has 0 aliphatic rings. The van der Waals surface area contributed by atoms with E-state index >= 15 is 0 Å². The van der Waals surface area contributed by atoms with E-state index < -0.39 is 6.04 Å². The van der Waals surface area contributed by atoms with E-state index in [0.717, 1.165) is 17.7 Å². The monoisotopic (exact) mass is 342 g/mol. The molecule has 0 unspecified atom stereocenters. The molecule has 0 bridgehead atoms. The van der Waals surface area contributed by atoms with E-state index in [9.17, 15) is 4.79 Å². The number of rotatable bonds is 7. The van der Waals surface area contributed by atoms with Gasteiger partial charge in [-0.3, -0.25) is 4.79 Å². The highest BCUT2D eigenvalue weighted by molar-refractivity contribution is 7.09. The number of hydrogen-bond donors (Lipinski definition) is 1. The van der Waals surface area contributed by atoms with Crippen molar-refractivity contribution in [2.24, 2.45) is 0 Å². The number of thiazole rings is 1. The fourth-order valence-corrected chi connectivity index (χ4v) is 3.22. The molecule has 0 fully saturated rings. The molecule has 8 heteroatoms. The summed E-state index contributed by atoms with van der Waals surface area (Å²) in [7, 11) is 0. The second kappa shape index (κ2) is 7.78. The van der Waals surface area contributed by atoms with Crippen LogP contribution < -0.4 is 5.32 Å². The smallest absolute Gasteiger partial charge is 0.245 e. The normalized spacial score (nSPS) is 12.0. The van der Waals surface area contributed by atoms with E-state index in [-0.39, 0.29) is 5.91 Å². The van der Waals surface area contributed by atoms with Gasteiger partial charge >= 0.3 is 0 Å². The summed E-state index contributed by atoms with van der Waals surface area (Å²) in [4.78, 5) is 18.0. The summed E-state index contributed by atoms with van der Waals surface area (Å²) >= 11 is 1.61. The van der Waals surface area contributed by atoms with Crippen LogP contribution in [0, 0.1) is 6.92 Å². The molecule has 1 atom stereocenters. The highest BCUT2D eigenvalue weighted by Crippen LogP contribution is 2.14. The molecule has 0 spiro atoms. The topological polar surface area (TPSA) is 85.6 Å². The highest BCUT2D eigenvalue weighted by atomic mass is 32.1. The van der Waals surface area contributed by atoms with Gasteiger partial charge in [0.25, 0.3) is 0 Å². The lowest BCUT2D eigenvalue weighted by atomic mass is 10.1. The number of aromatic nitrogens is 5. The first-order chi connectivity index (χ1) is 11.7. The van der Waals surface area contributed by atoms with Crippen LogP contribution in [0.3, 0.4) is 0 Å². The van der Waals surface area contributed by atoms with Crippen LogP contribution in [0.1, 0.15) is 22.2 Å². The number of carbonyl (C=O) groups excluding carboxylic acids is 1. The molecule has 0 radical (unpaired) electrons. The van der Waals surface area contributed by atoms with Crippen LogP contribution in [0.25, 0.3) is 0 Å².